The highest BCUT2D eigenvalue weighted by atomic mass is 16.5. The molecule has 0 aliphatic heterocycles. The summed E-state index contributed by atoms with van der Waals surface area (Å²) in [4.78, 5) is 22.7. The molecule has 0 bridgehead atoms. The van der Waals surface area contributed by atoms with E-state index in [1.165, 1.54) is 6.08 Å². The van der Waals surface area contributed by atoms with E-state index in [4.69, 9.17) is 4.74 Å². The van der Waals surface area contributed by atoms with E-state index >= 15 is 0 Å². The third-order valence-electron chi connectivity index (χ3n) is 2.70. The molecule has 1 amide bonds. The topological polar surface area (TPSA) is 55.4 Å². The number of carbonyl (C=O) groups excluding carboxylic acids is 2. The van der Waals surface area contributed by atoms with Gasteiger partial charge >= 0.3 is 5.97 Å². The Labute approximate surface area is 116 Å². The Morgan fingerprint density at radius 2 is 1.70 bits per heavy atom. The fourth-order valence-electron chi connectivity index (χ4n) is 1.81. The standard InChI is InChI=1S/C16H13NO3/c1-3-15(18)17-13-9-5-8-12-11(13)7-6-10-14(12)20-16(19)4-2/h3-10H,1-2H2,(H,17,18). The van der Waals surface area contributed by atoms with Gasteiger partial charge in [-0.1, -0.05) is 37.4 Å². The molecule has 4 heteroatoms. The maximum Gasteiger partial charge on any atom is 0.335 e. The van der Waals surface area contributed by atoms with Gasteiger partial charge in [-0.15, -0.1) is 0 Å². The molecule has 4 nitrogen and oxygen atoms in total. The normalized spacial score (nSPS) is 9.80. The SMILES string of the molecule is C=CC(=O)Nc1cccc2c(OC(=O)C=C)cccc12. The smallest absolute Gasteiger partial charge is 0.335 e. The molecule has 0 atom stereocenters. The highest BCUT2D eigenvalue weighted by Gasteiger charge is 2.09. The molecule has 0 unspecified atom stereocenters. The van der Waals surface area contributed by atoms with Crippen LogP contribution in [0.2, 0.25) is 0 Å². The molecule has 0 fully saturated rings. The Hall–Kier alpha value is -2.88. The number of nitrogens with one attached hydrogen (secondary N) is 1. The average Bonchev–Trinajstić information content (AvgIpc) is 2.47. The van der Waals surface area contributed by atoms with Crippen LogP contribution >= 0.6 is 0 Å². The zero-order valence-electron chi connectivity index (χ0n) is 10.8. The lowest BCUT2D eigenvalue weighted by Gasteiger charge is -2.10. The van der Waals surface area contributed by atoms with E-state index in [-0.39, 0.29) is 5.91 Å². The van der Waals surface area contributed by atoms with E-state index < -0.39 is 5.97 Å². The van der Waals surface area contributed by atoms with Gasteiger partial charge in [-0.3, -0.25) is 4.79 Å². The summed E-state index contributed by atoms with van der Waals surface area (Å²) in [6.07, 6.45) is 2.29. The molecule has 1 N–H and O–H groups in total. The molecule has 2 aromatic rings. The predicted molar refractivity (Wildman–Crippen MR) is 78.6 cm³/mol. The third kappa shape index (κ3) is 2.75. The maximum atomic E-state index is 11.4. The van der Waals surface area contributed by atoms with E-state index in [1.54, 1.807) is 24.3 Å². The Kier molecular flexibility index (Phi) is 3.96. The summed E-state index contributed by atoms with van der Waals surface area (Å²) in [5, 5.41) is 4.21. The molecule has 0 aromatic heterocycles. The molecule has 100 valence electrons. The van der Waals surface area contributed by atoms with Crippen LogP contribution in [0.3, 0.4) is 0 Å². The van der Waals surface area contributed by atoms with Gasteiger partial charge in [-0.25, -0.2) is 4.79 Å². The molecular formula is C16H13NO3. The van der Waals surface area contributed by atoms with Crippen molar-refractivity contribution < 1.29 is 14.3 Å². The van der Waals surface area contributed by atoms with Crippen LogP contribution in [0.1, 0.15) is 0 Å². The molecule has 0 radical (unpaired) electrons. The van der Waals surface area contributed by atoms with Crippen molar-refractivity contribution in [2.24, 2.45) is 0 Å². The number of fused-ring (bicyclic) bond motifs is 1. The molecule has 0 saturated heterocycles. The molecule has 20 heavy (non-hydrogen) atoms. The Balaban J connectivity index is 2.51. The molecule has 0 spiro atoms. The van der Waals surface area contributed by atoms with Crippen molar-refractivity contribution >= 4 is 28.3 Å². The highest BCUT2D eigenvalue weighted by Crippen LogP contribution is 2.30. The lowest BCUT2D eigenvalue weighted by Crippen LogP contribution is -2.08. The van der Waals surface area contributed by atoms with E-state index in [2.05, 4.69) is 18.5 Å². The van der Waals surface area contributed by atoms with Crippen LogP contribution in [-0.2, 0) is 9.59 Å². The average molecular weight is 267 g/mol. The van der Waals surface area contributed by atoms with E-state index in [0.717, 1.165) is 16.8 Å². The van der Waals surface area contributed by atoms with Gasteiger partial charge < -0.3 is 10.1 Å². The minimum atomic E-state index is -0.530. The zero-order valence-corrected chi connectivity index (χ0v) is 10.8. The number of anilines is 1. The summed E-state index contributed by atoms with van der Waals surface area (Å²) in [7, 11) is 0. The van der Waals surface area contributed by atoms with E-state index in [0.29, 0.717) is 11.4 Å². The first-order valence-electron chi connectivity index (χ1n) is 5.95. The Morgan fingerprint density at radius 3 is 2.40 bits per heavy atom. The van der Waals surface area contributed by atoms with Crippen molar-refractivity contribution in [2.45, 2.75) is 0 Å². The van der Waals surface area contributed by atoms with Gasteiger partial charge in [0.2, 0.25) is 5.91 Å². The number of carbonyl (C=O) groups is 2. The van der Waals surface area contributed by atoms with Crippen LogP contribution in [-0.4, -0.2) is 11.9 Å². The van der Waals surface area contributed by atoms with Crippen molar-refractivity contribution in [1.29, 1.82) is 0 Å². The number of esters is 1. The summed E-state index contributed by atoms with van der Waals surface area (Å²) in [5.41, 5.74) is 0.629. The fourth-order valence-corrected chi connectivity index (χ4v) is 1.81. The number of rotatable bonds is 4. The molecule has 0 heterocycles. The van der Waals surface area contributed by atoms with Gasteiger partial charge in [0.05, 0.1) is 0 Å². The van der Waals surface area contributed by atoms with Gasteiger partial charge in [-0.05, 0) is 18.2 Å². The second-order valence-corrected chi connectivity index (χ2v) is 3.98. The first-order valence-corrected chi connectivity index (χ1v) is 5.95. The van der Waals surface area contributed by atoms with Crippen LogP contribution in [0.15, 0.2) is 61.7 Å². The molecule has 2 rings (SSSR count). The van der Waals surface area contributed by atoms with Crippen LogP contribution in [0.5, 0.6) is 5.75 Å². The number of hydrogen-bond acceptors (Lipinski definition) is 3. The van der Waals surface area contributed by atoms with Crippen LogP contribution in [0.25, 0.3) is 10.8 Å². The minimum absolute atomic E-state index is 0.300. The van der Waals surface area contributed by atoms with Gasteiger partial charge in [0.15, 0.2) is 0 Å². The van der Waals surface area contributed by atoms with Crippen LogP contribution < -0.4 is 10.1 Å². The second-order valence-electron chi connectivity index (χ2n) is 3.98. The molecule has 0 aliphatic rings. The summed E-state index contributed by atoms with van der Waals surface area (Å²) < 4.78 is 5.17. The molecular weight excluding hydrogens is 254 g/mol. The van der Waals surface area contributed by atoms with E-state index in [1.807, 2.05) is 12.1 Å². The van der Waals surface area contributed by atoms with Gasteiger partial charge in [-0.2, -0.15) is 0 Å². The largest absolute Gasteiger partial charge is 0.423 e. The highest BCUT2D eigenvalue weighted by molar-refractivity contribution is 6.07. The zero-order chi connectivity index (χ0) is 14.5. The first kappa shape index (κ1) is 13.5. The fraction of sp³-hybridized carbons (Fsp3) is 0. The van der Waals surface area contributed by atoms with Crippen LogP contribution in [0.4, 0.5) is 5.69 Å². The van der Waals surface area contributed by atoms with Gasteiger partial charge in [0.25, 0.3) is 0 Å². The summed E-state index contributed by atoms with van der Waals surface area (Å²) >= 11 is 0. The first-order chi connectivity index (χ1) is 9.65. The summed E-state index contributed by atoms with van der Waals surface area (Å²) in [6, 6.07) is 10.6. The van der Waals surface area contributed by atoms with Crippen molar-refractivity contribution in [3.05, 3.63) is 61.7 Å². The van der Waals surface area contributed by atoms with Gasteiger partial charge in [0, 0.05) is 22.5 Å². The molecule has 0 saturated carbocycles. The molecule has 2 aromatic carbocycles. The predicted octanol–water partition coefficient (Wildman–Crippen LogP) is 3.06. The number of hydrogen-bond donors (Lipinski definition) is 1. The maximum absolute atomic E-state index is 11.4. The number of benzene rings is 2. The lowest BCUT2D eigenvalue weighted by molar-refractivity contribution is -0.128. The van der Waals surface area contributed by atoms with Crippen molar-refractivity contribution in [3.63, 3.8) is 0 Å². The monoisotopic (exact) mass is 267 g/mol. The van der Waals surface area contributed by atoms with Crippen molar-refractivity contribution in [3.8, 4) is 5.75 Å². The lowest BCUT2D eigenvalue weighted by atomic mass is 10.1. The van der Waals surface area contributed by atoms with Crippen molar-refractivity contribution in [1.82, 2.24) is 0 Å². The second kappa shape index (κ2) is 5.84. The molecule has 0 aliphatic carbocycles. The Morgan fingerprint density at radius 1 is 1.00 bits per heavy atom. The van der Waals surface area contributed by atoms with Gasteiger partial charge in [0.1, 0.15) is 5.75 Å². The van der Waals surface area contributed by atoms with E-state index in [9.17, 15) is 9.59 Å². The Bertz CT molecular complexity index is 643. The van der Waals surface area contributed by atoms with Crippen molar-refractivity contribution in [2.75, 3.05) is 5.32 Å². The summed E-state index contributed by atoms with van der Waals surface area (Å²) in [5.74, 6) is -0.411. The van der Waals surface area contributed by atoms with Crippen LogP contribution in [0, 0.1) is 0 Å². The quantitative estimate of drug-likeness (QED) is 0.526. The minimum Gasteiger partial charge on any atom is -0.423 e. The summed E-state index contributed by atoms with van der Waals surface area (Å²) in [6.45, 7) is 6.77. The number of ether oxygens (including phenoxy) is 1. The third-order valence-corrected chi connectivity index (χ3v) is 2.70. The number of amides is 1.